The van der Waals surface area contributed by atoms with Crippen molar-refractivity contribution in [3.63, 3.8) is 0 Å². The molecular weight excluding hydrogens is 461 g/mol. The Morgan fingerprint density at radius 1 is 1.00 bits per heavy atom. The van der Waals surface area contributed by atoms with Gasteiger partial charge in [0.25, 0.3) is 0 Å². The summed E-state index contributed by atoms with van der Waals surface area (Å²) in [6, 6.07) is 13.1. The lowest BCUT2D eigenvalue weighted by atomic mass is 10.0. The third kappa shape index (κ3) is 6.54. The Hall–Kier alpha value is -2.98. The van der Waals surface area contributed by atoms with Gasteiger partial charge in [0.2, 0.25) is 15.9 Å². The maximum atomic E-state index is 13.2. The number of sulfonamides is 1. The van der Waals surface area contributed by atoms with Crippen LogP contribution in [0.4, 0.5) is 9.18 Å². The number of benzene rings is 2. The number of carbonyl (C=O) groups is 2. The minimum Gasteiger partial charge on any atom is -0.445 e. The van der Waals surface area contributed by atoms with Gasteiger partial charge < -0.3 is 15.0 Å². The zero-order chi connectivity index (χ0) is 24.7. The molecule has 34 heavy (non-hydrogen) atoms. The second-order valence-electron chi connectivity index (χ2n) is 8.46. The summed E-state index contributed by atoms with van der Waals surface area (Å²) in [5.41, 5.74) is 0.833. The van der Waals surface area contributed by atoms with Crippen molar-refractivity contribution in [2.75, 3.05) is 26.2 Å². The van der Waals surface area contributed by atoms with E-state index in [0.717, 1.165) is 17.7 Å². The van der Waals surface area contributed by atoms with Crippen LogP contribution in [0.2, 0.25) is 0 Å². The molecule has 0 aliphatic carbocycles. The topological polar surface area (TPSA) is 96.0 Å². The fourth-order valence-corrected chi connectivity index (χ4v) is 5.18. The van der Waals surface area contributed by atoms with Crippen molar-refractivity contribution < 1.29 is 27.1 Å². The standard InChI is InChI=1S/C24H30FN3O5S/c1-18(2)22(26-24(30)33-17-19-7-4-3-5-8-19)23(29)27-13-6-14-28(16-15-27)34(31,32)21-11-9-20(25)10-12-21/h3-5,7-12,18,22H,6,13-17H2,1-2H3,(H,26,30)/t22-/m0/s1. The minimum atomic E-state index is -3.80. The van der Waals surface area contributed by atoms with Crippen LogP contribution in [0.3, 0.4) is 0 Å². The molecule has 2 aromatic rings. The van der Waals surface area contributed by atoms with Crippen LogP contribution in [-0.4, -0.2) is 61.8 Å². The van der Waals surface area contributed by atoms with Crippen molar-refractivity contribution in [3.05, 3.63) is 66.0 Å². The average Bonchev–Trinajstić information content (AvgIpc) is 3.08. The zero-order valence-corrected chi connectivity index (χ0v) is 20.1. The first-order valence-electron chi connectivity index (χ1n) is 11.2. The number of nitrogens with one attached hydrogen (secondary N) is 1. The van der Waals surface area contributed by atoms with Crippen molar-refractivity contribution in [2.45, 2.75) is 37.8 Å². The van der Waals surface area contributed by atoms with Crippen molar-refractivity contribution >= 4 is 22.0 Å². The van der Waals surface area contributed by atoms with E-state index in [-0.39, 0.29) is 43.0 Å². The van der Waals surface area contributed by atoms with Gasteiger partial charge in [-0.1, -0.05) is 44.2 Å². The zero-order valence-electron chi connectivity index (χ0n) is 19.3. The molecule has 8 nitrogen and oxygen atoms in total. The molecule has 10 heteroatoms. The van der Waals surface area contributed by atoms with Crippen molar-refractivity contribution in [2.24, 2.45) is 5.92 Å². The fraction of sp³-hybridized carbons (Fsp3) is 0.417. The molecule has 2 amide bonds. The minimum absolute atomic E-state index is 0.0107. The molecule has 1 aliphatic heterocycles. The van der Waals surface area contributed by atoms with Crippen LogP contribution < -0.4 is 5.32 Å². The molecule has 0 saturated carbocycles. The van der Waals surface area contributed by atoms with E-state index in [4.69, 9.17) is 4.74 Å². The first-order valence-corrected chi connectivity index (χ1v) is 12.6. The first-order chi connectivity index (χ1) is 16.2. The van der Waals surface area contributed by atoms with Gasteiger partial charge >= 0.3 is 6.09 Å². The Kier molecular flexibility index (Phi) is 8.62. The molecule has 0 unspecified atom stereocenters. The maximum absolute atomic E-state index is 13.2. The Morgan fingerprint density at radius 2 is 1.68 bits per heavy atom. The predicted octanol–water partition coefficient (Wildman–Crippen LogP) is 3.00. The lowest BCUT2D eigenvalue weighted by molar-refractivity contribution is -0.134. The van der Waals surface area contributed by atoms with E-state index in [0.29, 0.717) is 13.0 Å². The highest BCUT2D eigenvalue weighted by molar-refractivity contribution is 7.89. The summed E-state index contributed by atoms with van der Waals surface area (Å²) < 4.78 is 45.6. The number of hydrogen-bond acceptors (Lipinski definition) is 5. The highest BCUT2D eigenvalue weighted by Crippen LogP contribution is 2.19. The van der Waals surface area contributed by atoms with Gasteiger partial charge in [-0.2, -0.15) is 4.31 Å². The molecule has 184 valence electrons. The van der Waals surface area contributed by atoms with Crippen LogP contribution in [-0.2, 0) is 26.2 Å². The second-order valence-corrected chi connectivity index (χ2v) is 10.4. The van der Waals surface area contributed by atoms with E-state index >= 15 is 0 Å². The number of ether oxygens (including phenoxy) is 1. The van der Waals surface area contributed by atoms with E-state index < -0.39 is 28.0 Å². The van der Waals surface area contributed by atoms with Gasteiger partial charge in [-0.3, -0.25) is 4.79 Å². The van der Waals surface area contributed by atoms with Crippen molar-refractivity contribution in [3.8, 4) is 0 Å². The van der Waals surface area contributed by atoms with E-state index in [9.17, 15) is 22.4 Å². The predicted molar refractivity (Wildman–Crippen MR) is 125 cm³/mol. The highest BCUT2D eigenvalue weighted by atomic mass is 32.2. The average molecular weight is 492 g/mol. The van der Waals surface area contributed by atoms with Gasteiger partial charge in [-0.05, 0) is 42.2 Å². The Balaban J connectivity index is 1.61. The van der Waals surface area contributed by atoms with Crippen LogP contribution in [0, 0.1) is 11.7 Å². The molecule has 1 heterocycles. The SMILES string of the molecule is CC(C)[C@H](NC(=O)OCc1ccccc1)C(=O)N1CCCN(S(=O)(=O)c2ccc(F)cc2)CC1. The molecule has 1 fully saturated rings. The second kappa shape index (κ2) is 11.4. The lowest BCUT2D eigenvalue weighted by Gasteiger charge is -2.28. The van der Waals surface area contributed by atoms with Crippen molar-refractivity contribution in [1.82, 2.24) is 14.5 Å². The number of carbonyl (C=O) groups excluding carboxylic acids is 2. The third-order valence-electron chi connectivity index (χ3n) is 5.64. The van der Waals surface area contributed by atoms with Crippen LogP contribution in [0.15, 0.2) is 59.5 Å². The van der Waals surface area contributed by atoms with E-state index in [1.165, 1.54) is 16.4 Å². The Labute approximate surface area is 199 Å². The molecule has 0 aromatic heterocycles. The quantitative estimate of drug-likeness (QED) is 0.642. The summed E-state index contributed by atoms with van der Waals surface area (Å²) in [4.78, 5) is 27.1. The summed E-state index contributed by atoms with van der Waals surface area (Å²) in [5, 5.41) is 2.66. The summed E-state index contributed by atoms with van der Waals surface area (Å²) in [5.74, 6) is -0.993. The summed E-state index contributed by atoms with van der Waals surface area (Å²) in [6.45, 7) is 4.62. The van der Waals surface area contributed by atoms with Gasteiger partial charge in [0.1, 0.15) is 18.5 Å². The third-order valence-corrected chi connectivity index (χ3v) is 7.55. The molecule has 2 aromatic carbocycles. The molecule has 0 spiro atoms. The number of amides is 2. The molecule has 0 radical (unpaired) electrons. The van der Waals surface area contributed by atoms with Gasteiger partial charge in [0.05, 0.1) is 4.90 Å². The molecule has 0 bridgehead atoms. The van der Waals surface area contributed by atoms with Crippen LogP contribution in [0.25, 0.3) is 0 Å². The first kappa shape index (κ1) is 25.6. The molecule has 3 rings (SSSR count). The maximum Gasteiger partial charge on any atom is 0.408 e. The van der Waals surface area contributed by atoms with E-state index in [2.05, 4.69) is 5.32 Å². The van der Waals surface area contributed by atoms with Crippen LogP contribution >= 0.6 is 0 Å². The van der Waals surface area contributed by atoms with Crippen molar-refractivity contribution in [1.29, 1.82) is 0 Å². The van der Waals surface area contributed by atoms with Gasteiger partial charge in [0.15, 0.2) is 0 Å². The van der Waals surface area contributed by atoms with Gasteiger partial charge in [-0.15, -0.1) is 0 Å². The summed E-state index contributed by atoms with van der Waals surface area (Å²) in [7, 11) is -3.80. The number of nitrogens with zero attached hydrogens (tertiary/aromatic N) is 2. The molecule has 1 saturated heterocycles. The normalized spacial score (nSPS) is 16.1. The van der Waals surface area contributed by atoms with Gasteiger partial charge in [0, 0.05) is 26.2 Å². The van der Waals surface area contributed by atoms with Crippen LogP contribution in [0.1, 0.15) is 25.8 Å². The number of alkyl carbamates (subject to hydrolysis) is 1. The fourth-order valence-electron chi connectivity index (χ4n) is 3.71. The van der Waals surface area contributed by atoms with Crippen LogP contribution in [0.5, 0.6) is 0 Å². The smallest absolute Gasteiger partial charge is 0.408 e. The monoisotopic (exact) mass is 491 g/mol. The number of hydrogen-bond donors (Lipinski definition) is 1. The highest BCUT2D eigenvalue weighted by Gasteiger charge is 2.33. The summed E-state index contributed by atoms with van der Waals surface area (Å²) >= 11 is 0. The molecule has 1 N–H and O–H groups in total. The number of rotatable bonds is 7. The largest absolute Gasteiger partial charge is 0.445 e. The number of halogens is 1. The van der Waals surface area contributed by atoms with E-state index in [1.54, 1.807) is 4.90 Å². The lowest BCUT2D eigenvalue weighted by Crippen LogP contribution is -2.52. The van der Waals surface area contributed by atoms with Gasteiger partial charge in [-0.25, -0.2) is 17.6 Å². The molecule has 1 aliphatic rings. The molecular formula is C24H30FN3O5S. The van der Waals surface area contributed by atoms with E-state index in [1.807, 2.05) is 44.2 Å². The Morgan fingerprint density at radius 3 is 2.32 bits per heavy atom. The Bertz CT molecular complexity index is 1080. The summed E-state index contributed by atoms with van der Waals surface area (Å²) in [6.07, 6.45) is -0.249. The molecule has 1 atom stereocenters.